The average molecular weight is 790 g/mol. The van der Waals surface area contributed by atoms with Crippen molar-refractivity contribution in [3.63, 3.8) is 0 Å². The van der Waals surface area contributed by atoms with E-state index in [1.165, 1.54) is 60.1 Å². The third-order valence-corrected chi connectivity index (χ3v) is 12.4. The number of para-hydroxylation sites is 1. The molecule has 290 valence electrons. The van der Waals surface area contributed by atoms with E-state index < -0.39 is 0 Å². The van der Waals surface area contributed by atoms with Gasteiger partial charge in [0.05, 0.1) is 0 Å². The van der Waals surface area contributed by atoms with Gasteiger partial charge in [0.2, 0.25) is 0 Å². The molecular formula is C60H39NO. The van der Waals surface area contributed by atoms with Gasteiger partial charge in [-0.25, -0.2) is 0 Å². The van der Waals surface area contributed by atoms with Gasteiger partial charge in [0, 0.05) is 27.8 Å². The molecule has 0 bridgehead atoms. The zero-order valence-electron chi connectivity index (χ0n) is 33.9. The average Bonchev–Trinajstić information content (AvgIpc) is 3.73. The molecule has 12 aromatic rings. The summed E-state index contributed by atoms with van der Waals surface area (Å²) in [5.74, 6) is 0. The monoisotopic (exact) mass is 789 g/mol. The predicted molar refractivity (Wildman–Crippen MR) is 263 cm³/mol. The van der Waals surface area contributed by atoms with E-state index in [1.54, 1.807) is 0 Å². The first-order valence-electron chi connectivity index (χ1n) is 21.2. The fourth-order valence-corrected chi connectivity index (χ4v) is 9.31. The summed E-state index contributed by atoms with van der Waals surface area (Å²) >= 11 is 0. The van der Waals surface area contributed by atoms with Crippen molar-refractivity contribution in [1.82, 2.24) is 0 Å². The summed E-state index contributed by atoms with van der Waals surface area (Å²) in [7, 11) is 0. The second kappa shape index (κ2) is 14.8. The van der Waals surface area contributed by atoms with E-state index in [4.69, 9.17) is 4.42 Å². The summed E-state index contributed by atoms with van der Waals surface area (Å²) in [6.07, 6.45) is 0. The highest BCUT2D eigenvalue weighted by atomic mass is 16.3. The number of furan rings is 1. The summed E-state index contributed by atoms with van der Waals surface area (Å²) in [4.78, 5) is 2.38. The van der Waals surface area contributed by atoms with Crippen LogP contribution in [0.15, 0.2) is 241 Å². The van der Waals surface area contributed by atoms with E-state index in [1.807, 2.05) is 12.1 Å². The smallest absolute Gasteiger partial charge is 0.136 e. The van der Waals surface area contributed by atoms with Crippen molar-refractivity contribution in [3.8, 4) is 44.5 Å². The van der Waals surface area contributed by atoms with Crippen LogP contribution in [0.4, 0.5) is 17.1 Å². The van der Waals surface area contributed by atoms with Crippen molar-refractivity contribution in [2.75, 3.05) is 4.90 Å². The normalized spacial score (nSPS) is 11.5. The third kappa shape index (κ3) is 6.29. The van der Waals surface area contributed by atoms with Crippen LogP contribution in [0.25, 0.3) is 98.8 Å². The first kappa shape index (κ1) is 35.7. The van der Waals surface area contributed by atoms with Crippen LogP contribution in [0.1, 0.15) is 0 Å². The molecule has 62 heavy (non-hydrogen) atoms. The lowest BCUT2D eigenvalue weighted by Crippen LogP contribution is -2.10. The summed E-state index contributed by atoms with van der Waals surface area (Å²) < 4.78 is 6.32. The van der Waals surface area contributed by atoms with E-state index in [-0.39, 0.29) is 0 Å². The minimum atomic E-state index is 0.891. The van der Waals surface area contributed by atoms with Crippen molar-refractivity contribution in [2.24, 2.45) is 0 Å². The molecule has 2 heteroatoms. The van der Waals surface area contributed by atoms with E-state index in [2.05, 4.69) is 229 Å². The number of hydrogen-bond acceptors (Lipinski definition) is 2. The number of nitrogens with zero attached hydrogens (tertiary/aromatic N) is 1. The standard InChI is InChI=1S/C60H39NO/c1-2-12-46-36-48(30-26-40(46)10-1)42-24-22-41(23-25-42)47-13-7-15-52(37-47)61(53-16-8-14-50(38-53)55-19-9-21-59-60(55)56-18-5-6-20-58(56)62-59)51-34-32-43(33-35-51)49-31-29-45-28-27-44-11-3-4-17-54(44)57(45)39-49/h1-39H. The molecule has 0 amide bonds. The molecule has 0 spiro atoms. The molecule has 1 heterocycles. The Balaban J connectivity index is 0.955. The number of rotatable bonds is 7. The number of anilines is 3. The van der Waals surface area contributed by atoms with Crippen molar-refractivity contribution >= 4 is 71.3 Å². The van der Waals surface area contributed by atoms with Crippen LogP contribution in [-0.2, 0) is 0 Å². The van der Waals surface area contributed by atoms with Crippen molar-refractivity contribution in [1.29, 1.82) is 0 Å². The van der Waals surface area contributed by atoms with Gasteiger partial charge in [-0.3, -0.25) is 0 Å². The van der Waals surface area contributed by atoms with Gasteiger partial charge in [-0.2, -0.15) is 0 Å². The van der Waals surface area contributed by atoms with Gasteiger partial charge in [-0.15, -0.1) is 0 Å². The van der Waals surface area contributed by atoms with Crippen LogP contribution in [0, 0.1) is 0 Å². The fraction of sp³-hybridized carbons (Fsp3) is 0. The molecule has 0 unspecified atom stereocenters. The Morgan fingerprint density at radius 1 is 0.258 bits per heavy atom. The zero-order chi connectivity index (χ0) is 41.0. The first-order valence-corrected chi connectivity index (χ1v) is 21.2. The number of hydrogen-bond donors (Lipinski definition) is 0. The number of fused-ring (bicyclic) bond motifs is 7. The second-order valence-corrected chi connectivity index (χ2v) is 16.1. The van der Waals surface area contributed by atoms with Gasteiger partial charge < -0.3 is 9.32 Å². The predicted octanol–water partition coefficient (Wildman–Crippen LogP) is 17.2. The summed E-state index contributed by atoms with van der Waals surface area (Å²) in [6.45, 7) is 0. The Morgan fingerprint density at radius 3 is 1.52 bits per heavy atom. The van der Waals surface area contributed by atoms with Crippen LogP contribution in [-0.4, -0.2) is 0 Å². The minimum absolute atomic E-state index is 0.891. The van der Waals surface area contributed by atoms with Crippen molar-refractivity contribution in [2.45, 2.75) is 0 Å². The Bertz CT molecular complexity index is 3630. The van der Waals surface area contributed by atoms with Gasteiger partial charge in [0.25, 0.3) is 0 Å². The lowest BCUT2D eigenvalue weighted by molar-refractivity contribution is 0.669. The van der Waals surface area contributed by atoms with Crippen molar-refractivity contribution in [3.05, 3.63) is 237 Å². The van der Waals surface area contributed by atoms with Crippen LogP contribution in [0.5, 0.6) is 0 Å². The largest absolute Gasteiger partial charge is 0.456 e. The molecule has 0 atom stereocenters. The van der Waals surface area contributed by atoms with Gasteiger partial charge in [-0.1, -0.05) is 176 Å². The Kier molecular flexibility index (Phi) is 8.53. The zero-order valence-corrected chi connectivity index (χ0v) is 33.9. The Labute approximate surface area is 360 Å². The van der Waals surface area contributed by atoms with Crippen molar-refractivity contribution < 1.29 is 4.42 Å². The molecule has 0 saturated heterocycles. The molecule has 0 fully saturated rings. The van der Waals surface area contributed by atoms with Crippen LogP contribution >= 0.6 is 0 Å². The van der Waals surface area contributed by atoms with Crippen LogP contribution < -0.4 is 4.90 Å². The highest BCUT2D eigenvalue weighted by Gasteiger charge is 2.18. The van der Waals surface area contributed by atoms with Gasteiger partial charge in [0.15, 0.2) is 0 Å². The van der Waals surface area contributed by atoms with Gasteiger partial charge in [0.1, 0.15) is 11.2 Å². The molecule has 1 aromatic heterocycles. The topological polar surface area (TPSA) is 16.4 Å². The minimum Gasteiger partial charge on any atom is -0.456 e. The number of benzene rings is 11. The molecular weight excluding hydrogens is 751 g/mol. The summed E-state index contributed by atoms with van der Waals surface area (Å²) in [5, 5.41) is 9.81. The molecule has 0 aliphatic carbocycles. The fourth-order valence-electron chi connectivity index (χ4n) is 9.31. The van der Waals surface area contributed by atoms with E-state index in [0.717, 1.165) is 55.7 Å². The first-order chi connectivity index (χ1) is 30.7. The molecule has 0 aliphatic heterocycles. The molecule has 11 aromatic carbocycles. The van der Waals surface area contributed by atoms with Gasteiger partial charge in [-0.05, 0) is 137 Å². The van der Waals surface area contributed by atoms with Crippen LogP contribution in [0.3, 0.4) is 0 Å². The lowest BCUT2D eigenvalue weighted by Gasteiger charge is -2.27. The maximum absolute atomic E-state index is 6.32. The third-order valence-electron chi connectivity index (χ3n) is 12.4. The lowest BCUT2D eigenvalue weighted by atomic mass is 9.96. The summed E-state index contributed by atoms with van der Waals surface area (Å²) in [6, 6.07) is 85.6. The molecule has 0 N–H and O–H groups in total. The maximum atomic E-state index is 6.32. The van der Waals surface area contributed by atoms with E-state index >= 15 is 0 Å². The summed E-state index contributed by atoms with van der Waals surface area (Å²) in [5.41, 5.74) is 14.4. The Hall–Kier alpha value is -8.20. The van der Waals surface area contributed by atoms with Gasteiger partial charge >= 0.3 is 0 Å². The molecule has 0 radical (unpaired) electrons. The highest BCUT2D eigenvalue weighted by Crippen LogP contribution is 2.42. The SMILES string of the molecule is c1cc(-c2ccc(-c3ccc4ccccc4c3)cc2)cc(N(c2ccc(-c3ccc4ccc5ccccc5c4c3)cc2)c2cccc(-c3cccc4oc5ccccc5c34)c2)c1. The van der Waals surface area contributed by atoms with E-state index in [0.29, 0.717) is 0 Å². The van der Waals surface area contributed by atoms with E-state index in [9.17, 15) is 0 Å². The molecule has 0 aliphatic rings. The maximum Gasteiger partial charge on any atom is 0.136 e. The van der Waals surface area contributed by atoms with Crippen LogP contribution in [0.2, 0.25) is 0 Å². The molecule has 12 rings (SSSR count). The second-order valence-electron chi connectivity index (χ2n) is 16.1. The quantitative estimate of drug-likeness (QED) is 0.150. The highest BCUT2D eigenvalue weighted by molar-refractivity contribution is 6.13. The molecule has 2 nitrogen and oxygen atoms in total. The Morgan fingerprint density at radius 2 is 0.758 bits per heavy atom. The molecule has 0 saturated carbocycles.